The summed E-state index contributed by atoms with van der Waals surface area (Å²) >= 11 is 0. The molecule has 1 aliphatic heterocycles. The lowest BCUT2D eigenvalue weighted by atomic mass is 10.1. The highest BCUT2D eigenvalue weighted by Crippen LogP contribution is 2.30. The van der Waals surface area contributed by atoms with Crippen LogP contribution in [0.15, 0.2) is 18.3 Å². The van der Waals surface area contributed by atoms with Gasteiger partial charge in [0.05, 0.1) is 18.3 Å². The maximum Gasteiger partial charge on any atom is 0.422 e. The first-order chi connectivity index (χ1) is 15.4. The van der Waals surface area contributed by atoms with Crippen LogP contribution in [0, 0.1) is 17.5 Å². The molecule has 1 aliphatic rings. The van der Waals surface area contributed by atoms with Crippen LogP contribution in [0.25, 0.3) is 0 Å². The molecule has 2 N–H and O–H groups in total. The fourth-order valence-electron chi connectivity index (χ4n) is 3.05. The molecule has 0 bridgehead atoms. The van der Waals surface area contributed by atoms with Crippen molar-refractivity contribution >= 4 is 17.9 Å². The molecule has 33 heavy (non-hydrogen) atoms. The first-order valence-electron chi connectivity index (χ1n) is 9.49. The van der Waals surface area contributed by atoms with Crippen LogP contribution in [0.5, 0.6) is 5.75 Å². The van der Waals surface area contributed by atoms with Gasteiger partial charge in [0.25, 0.3) is 0 Å². The average Bonchev–Trinajstić information content (AvgIpc) is 3.10. The van der Waals surface area contributed by atoms with Crippen molar-refractivity contribution in [2.45, 2.75) is 38.2 Å². The van der Waals surface area contributed by atoms with Gasteiger partial charge >= 0.3 is 12.3 Å². The van der Waals surface area contributed by atoms with Gasteiger partial charge in [0.1, 0.15) is 18.5 Å². The summed E-state index contributed by atoms with van der Waals surface area (Å²) in [6.45, 7) is 0.740. The van der Waals surface area contributed by atoms with Crippen molar-refractivity contribution in [3.63, 3.8) is 0 Å². The Hall–Kier alpha value is -3.29. The summed E-state index contributed by atoms with van der Waals surface area (Å²) in [5.41, 5.74) is -0.302. The van der Waals surface area contributed by atoms with Crippen LogP contribution >= 0.6 is 0 Å². The van der Waals surface area contributed by atoms with E-state index in [1.165, 1.54) is 13.8 Å². The van der Waals surface area contributed by atoms with E-state index < -0.39 is 66.1 Å². The molecule has 0 saturated carbocycles. The highest BCUT2D eigenvalue weighted by molar-refractivity contribution is 5.89. The Bertz CT molecular complexity index is 1040. The van der Waals surface area contributed by atoms with Gasteiger partial charge in [-0.1, -0.05) is 0 Å². The van der Waals surface area contributed by atoms with Crippen molar-refractivity contribution in [2.75, 3.05) is 23.4 Å². The monoisotopic (exact) mass is 480 g/mol. The van der Waals surface area contributed by atoms with Crippen molar-refractivity contribution in [2.24, 2.45) is 0 Å². The van der Waals surface area contributed by atoms with Gasteiger partial charge in [-0.25, -0.2) is 27.8 Å². The van der Waals surface area contributed by atoms with Crippen LogP contribution in [-0.2, 0) is 4.74 Å². The number of aliphatic hydroxyl groups excluding tert-OH is 1. The second kappa shape index (κ2) is 9.29. The summed E-state index contributed by atoms with van der Waals surface area (Å²) in [4.78, 5) is 20.4. The fraction of sp³-hybridized carbons (Fsp3) is 0.421. The highest BCUT2D eigenvalue weighted by Gasteiger charge is 2.40. The van der Waals surface area contributed by atoms with Crippen LogP contribution in [0.2, 0.25) is 0 Å². The number of ether oxygens (including phenoxy) is 2. The van der Waals surface area contributed by atoms with E-state index in [4.69, 9.17) is 4.74 Å². The quantitative estimate of drug-likeness (QED) is 0.584. The first kappa shape index (κ1) is 24.4. The summed E-state index contributed by atoms with van der Waals surface area (Å²) in [6, 6.07) is -0.834. The molecular weight excluding hydrogens is 462 g/mol. The first-order valence-corrected chi connectivity index (χ1v) is 9.49. The maximum absolute atomic E-state index is 14.4. The summed E-state index contributed by atoms with van der Waals surface area (Å²) in [5.74, 6) is -5.01. The van der Waals surface area contributed by atoms with Crippen LogP contribution in [-0.4, -0.2) is 52.7 Å². The molecule has 1 aromatic heterocycles. The average molecular weight is 480 g/mol. The molecule has 0 aliphatic carbocycles. The predicted molar refractivity (Wildman–Crippen MR) is 101 cm³/mol. The molecule has 14 heteroatoms. The van der Waals surface area contributed by atoms with Crippen molar-refractivity contribution < 1.29 is 45.7 Å². The fourth-order valence-corrected chi connectivity index (χ4v) is 3.05. The number of hydrogen-bond donors (Lipinski definition) is 2. The minimum absolute atomic E-state index is 0.202. The van der Waals surface area contributed by atoms with Crippen molar-refractivity contribution in [1.29, 1.82) is 0 Å². The molecule has 1 unspecified atom stereocenters. The lowest BCUT2D eigenvalue weighted by molar-refractivity contribution is -0.153. The number of cyclic esters (lactones) is 1. The second-order valence-electron chi connectivity index (χ2n) is 7.19. The summed E-state index contributed by atoms with van der Waals surface area (Å²) < 4.78 is 88.7. The normalized spacial score (nSPS) is 18.2. The zero-order valence-corrected chi connectivity index (χ0v) is 17.2. The van der Waals surface area contributed by atoms with E-state index in [0.29, 0.717) is 12.1 Å². The number of aromatic nitrogens is 2. The number of aliphatic hydroxyl groups is 1. The standard InChI is InChI=1S/C19H18F6N4O4/c1-8(10-3-12(21)15(4-11(10)20)33-7-19(23,24)25)27-17-26-5-13(22)16(28-17)29-14(9(2)30)6-32-18(29)31/h3-5,8-9,14,30H,6-7H2,1-2H3,(H,26,27,28)/t8-,9+,14?/m0/s1. The number of alkyl halides is 3. The van der Waals surface area contributed by atoms with Crippen molar-refractivity contribution in [3.05, 3.63) is 41.3 Å². The van der Waals surface area contributed by atoms with E-state index in [2.05, 4.69) is 20.0 Å². The number of anilines is 2. The molecule has 3 rings (SSSR count). The lowest BCUT2D eigenvalue weighted by Gasteiger charge is -2.23. The summed E-state index contributed by atoms with van der Waals surface area (Å²) in [5, 5.41) is 12.4. The van der Waals surface area contributed by atoms with Crippen LogP contribution in [0.4, 0.5) is 42.9 Å². The topological polar surface area (TPSA) is 96.8 Å². The second-order valence-corrected chi connectivity index (χ2v) is 7.19. The lowest BCUT2D eigenvalue weighted by Crippen LogP contribution is -2.42. The molecule has 0 radical (unpaired) electrons. The van der Waals surface area contributed by atoms with Crippen LogP contribution in [0.3, 0.4) is 0 Å². The number of nitrogens with one attached hydrogen (secondary N) is 1. The zero-order chi connectivity index (χ0) is 24.5. The number of hydrogen-bond acceptors (Lipinski definition) is 7. The van der Waals surface area contributed by atoms with Gasteiger partial charge in [0.2, 0.25) is 5.95 Å². The molecule has 1 fully saturated rings. The highest BCUT2D eigenvalue weighted by atomic mass is 19.4. The number of benzene rings is 1. The number of nitrogens with zero attached hydrogens (tertiary/aromatic N) is 3. The molecule has 2 aromatic rings. The Kier molecular flexibility index (Phi) is 6.86. The molecule has 8 nitrogen and oxygen atoms in total. The minimum atomic E-state index is -4.73. The molecule has 1 amide bonds. The Balaban J connectivity index is 1.82. The molecule has 1 saturated heterocycles. The van der Waals surface area contributed by atoms with Gasteiger partial charge in [-0.3, -0.25) is 0 Å². The third-order valence-corrected chi connectivity index (χ3v) is 4.67. The third-order valence-electron chi connectivity index (χ3n) is 4.67. The largest absolute Gasteiger partial charge is 0.481 e. The van der Waals surface area contributed by atoms with Gasteiger partial charge in [-0.2, -0.15) is 18.2 Å². The SMILES string of the molecule is C[C@H](Nc1ncc(F)c(N2C(=O)OCC2[C@@H](C)O)n1)c1cc(F)c(OCC(F)(F)F)cc1F. The van der Waals surface area contributed by atoms with E-state index in [1.807, 2.05) is 0 Å². The van der Waals surface area contributed by atoms with E-state index in [9.17, 15) is 36.2 Å². The molecule has 2 heterocycles. The van der Waals surface area contributed by atoms with Crippen LogP contribution in [0.1, 0.15) is 25.5 Å². The van der Waals surface area contributed by atoms with Gasteiger partial charge in [-0.05, 0) is 19.9 Å². The Morgan fingerprint density at radius 2 is 1.94 bits per heavy atom. The number of carbonyl (C=O) groups excluding carboxylic acids is 1. The predicted octanol–water partition coefficient (Wildman–Crippen LogP) is 3.71. The van der Waals surface area contributed by atoms with Gasteiger partial charge < -0.3 is 19.9 Å². The Labute approximate surface area is 183 Å². The molecular formula is C19H18F6N4O4. The van der Waals surface area contributed by atoms with Gasteiger partial charge in [0.15, 0.2) is 29.8 Å². The molecule has 0 spiro atoms. The smallest absolute Gasteiger partial charge is 0.422 e. The third kappa shape index (κ3) is 5.56. The number of amides is 1. The number of rotatable bonds is 7. The molecule has 180 valence electrons. The minimum Gasteiger partial charge on any atom is -0.481 e. The van der Waals surface area contributed by atoms with E-state index in [-0.39, 0.29) is 18.1 Å². The number of carbonyl (C=O) groups is 1. The number of halogens is 6. The summed E-state index contributed by atoms with van der Waals surface area (Å²) in [7, 11) is 0. The zero-order valence-electron chi connectivity index (χ0n) is 17.2. The molecule has 1 aromatic carbocycles. The van der Waals surface area contributed by atoms with Crippen molar-refractivity contribution in [1.82, 2.24) is 9.97 Å². The van der Waals surface area contributed by atoms with Gasteiger partial charge in [-0.15, -0.1) is 0 Å². The van der Waals surface area contributed by atoms with Crippen molar-refractivity contribution in [3.8, 4) is 5.75 Å². The van der Waals surface area contributed by atoms with E-state index in [0.717, 1.165) is 11.1 Å². The van der Waals surface area contributed by atoms with Gasteiger partial charge in [0, 0.05) is 11.6 Å². The molecule has 3 atom stereocenters. The summed E-state index contributed by atoms with van der Waals surface area (Å²) in [6.07, 6.45) is -6.02. The van der Waals surface area contributed by atoms with E-state index in [1.54, 1.807) is 0 Å². The Morgan fingerprint density at radius 1 is 1.24 bits per heavy atom. The Morgan fingerprint density at radius 3 is 2.58 bits per heavy atom. The maximum atomic E-state index is 14.4. The van der Waals surface area contributed by atoms with E-state index >= 15 is 0 Å². The van der Waals surface area contributed by atoms with Crippen LogP contribution < -0.4 is 15.0 Å².